The van der Waals surface area contributed by atoms with Crippen LogP contribution in [-0.4, -0.2) is 28.0 Å². The van der Waals surface area contributed by atoms with Crippen molar-refractivity contribution in [3.05, 3.63) is 66.2 Å². The lowest BCUT2D eigenvalue weighted by molar-refractivity contribution is 0.109. The molecular formula is C20H28NOP. The van der Waals surface area contributed by atoms with Crippen LogP contribution in [0.3, 0.4) is 0 Å². The van der Waals surface area contributed by atoms with E-state index in [1.807, 2.05) is 30.3 Å². The summed E-state index contributed by atoms with van der Waals surface area (Å²) in [4.78, 5) is 0. The van der Waals surface area contributed by atoms with Crippen molar-refractivity contribution in [3.63, 3.8) is 0 Å². The molecule has 1 unspecified atom stereocenters. The van der Waals surface area contributed by atoms with E-state index in [2.05, 4.69) is 69.7 Å². The monoisotopic (exact) mass is 329 g/mol. The Balaban J connectivity index is 2.29. The average Bonchev–Trinajstić information content (AvgIpc) is 2.54. The second-order valence-electron chi connectivity index (χ2n) is 6.99. The molecule has 0 saturated carbocycles. The molecule has 124 valence electrons. The van der Waals surface area contributed by atoms with Crippen LogP contribution in [0.15, 0.2) is 60.7 Å². The lowest BCUT2D eigenvalue weighted by Gasteiger charge is -2.43. The Morgan fingerprint density at radius 2 is 1.39 bits per heavy atom. The highest BCUT2D eigenvalue weighted by Crippen LogP contribution is 2.52. The van der Waals surface area contributed by atoms with E-state index in [1.165, 1.54) is 5.30 Å². The molecular weight excluding hydrogens is 301 g/mol. The van der Waals surface area contributed by atoms with Gasteiger partial charge in [-0.25, -0.2) is 0 Å². The van der Waals surface area contributed by atoms with Crippen LogP contribution in [0.25, 0.3) is 0 Å². The molecule has 2 aromatic carbocycles. The van der Waals surface area contributed by atoms with Gasteiger partial charge in [0.15, 0.2) is 0 Å². The van der Waals surface area contributed by atoms with Gasteiger partial charge in [-0.15, -0.1) is 0 Å². The second-order valence-corrected chi connectivity index (χ2v) is 10.1. The van der Waals surface area contributed by atoms with Crippen LogP contribution in [0.5, 0.6) is 0 Å². The summed E-state index contributed by atoms with van der Waals surface area (Å²) < 4.78 is 2.36. The first-order valence-corrected chi connectivity index (χ1v) is 9.43. The minimum Gasteiger partial charge on any atom is -0.387 e. The molecule has 2 nitrogen and oxygen atoms in total. The standard InChI is InChI=1S/C20H28NOP/c1-16(19(22)17-12-8-6-9-13-17)21(5)23(20(2,3)4)18-14-10-7-11-15-18/h6-16,19,22H,1-5H3/t16-,19-,23?/m1/s1. The van der Waals surface area contributed by atoms with Gasteiger partial charge in [0.25, 0.3) is 0 Å². The van der Waals surface area contributed by atoms with E-state index >= 15 is 0 Å². The zero-order chi connectivity index (χ0) is 17.0. The third kappa shape index (κ3) is 4.41. The summed E-state index contributed by atoms with van der Waals surface area (Å²) >= 11 is 0. The fraction of sp³-hybridized carbons (Fsp3) is 0.400. The van der Waals surface area contributed by atoms with Gasteiger partial charge in [-0.3, -0.25) is 4.67 Å². The van der Waals surface area contributed by atoms with Crippen LogP contribution in [0.2, 0.25) is 0 Å². The van der Waals surface area contributed by atoms with E-state index in [0.717, 1.165) is 5.56 Å². The SMILES string of the molecule is C[C@H]([C@@H](O)c1ccccc1)N(C)P(c1ccccc1)C(C)(C)C. The Bertz CT molecular complexity index is 594. The van der Waals surface area contributed by atoms with E-state index in [0.29, 0.717) is 0 Å². The highest BCUT2D eigenvalue weighted by atomic mass is 31.1. The molecule has 0 aliphatic heterocycles. The first-order chi connectivity index (χ1) is 10.8. The summed E-state index contributed by atoms with van der Waals surface area (Å²) in [7, 11) is 1.59. The largest absolute Gasteiger partial charge is 0.387 e. The molecule has 3 atom stereocenters. The Morgan fingerprint density at radius 1 is 0.913 bits per heavy atom. The van der Waals surface area contributed by atoms with Gasteiger partial charge in [-0.1, -0.05) is 81.4 Å². The van der Waals surface area contributed by atoms with Crippen molar-refractivity contribution in [1.82, 2.24) is 4.67 Å². The number of likely N-dealkylation sites (N-methyl/N-ethyl adjacent to an activating group) is 1. The summed E-state index contributed by atoms with van der Waals surface area (Å²) in [5.41, 5.74) is 0.976. The zero-order valence-electron chi connectivity index (χ0n) is 14.8. The highest BCUT2D eigenvalue weighted by Gasteiger charge is 2.34. The van der Waals surface area contributed by atoms with Gasteiger partial charge in [-0.05, 0) is 30.0 Å². The number of benzene rings is 2. The normalized spacial score (nSPS) is 16.1. The van der Waals surface area contributed by atoms with Gasteiger partial charge in [0.05, 0.1) is 6.10 Å². The molecule has 23 heavy (non-hydrogen) atoms. The number of nitrogens with zero attached hydrogens (tertiary/aromatic N) is 1. The number of hydrogen-bond donors (Lipinski definition) is 1. The van der Waals surface area contributed by atoms with Crippen molar-refractivity contribution in [2.75, 3.05) is 7.05 Å². The topological polar surface area (TPSA) is 23.5 Å². The molecule has 0 aliphatic carbocycles. The molecule has 0 amide bonds. The molecule has 0 bridgehead atoms. The zero-order valence-corrected chi connectivity index (χ0v) is 15.7. The molecule has 0 aromatic heterocycles. The predicted molar refractivity (Wildman–Crippen MR) is 101 cm³/mol. The maximum absolute atomic E-state index is 10.8. The third-order valence-electron chi connectivity index (χ3n) is 4.14. The number of hydrogen-bond acceptors (Lipinski definition) is 2. The van der Waals surface area contributed by atoms with Crippen molar-refractivity contribution in [2.45, 2.75) is 45.0 Å². The third-order valence-corrected chi connectivity index (χ3v) is 7.19. The maximum atomic E-state index is 10.8. The lowest BCUT2D eigenvalue weighted by Crippen LogP contribution is -2.38. The van der Waals surface area contributed by atoms with E-state index in [-0.39, 0.29) is 11.2 Å². The smallest absolute Gasteiger partial charge is 0.0945 e. The summed E-state index contributed by atoms with van der Waals surface area (Å²) in [6.07, 6.45) is -0.489. The van der Waals surface area contributed by atoms with Gasteiger partial charge in [-0.2, -0.15) is 0 Å². The van der Waals surface area contributed by atoms with Crippen molar-refractivity contribution in [1.29, 1.82) is 0 Å². The molecule has 0 spiro atoms. The molecule has 0 saturated heterocycles. The van der Waals surface area contributed by atoms with E-state index in [9.17, 15) is 5.11 Å². The van der Waals surface area contributed by atoms with Crippen LogP contribution in [0.1, 0.15) is 39.4 Å². The molecule has 0 radical (unpaired) electrons. The first-order valence-electron chi connectivity index (χ1n) is 8.13. The van der Waals surface area contributed by atoms with E-state index < -0.39 is 14.2 Å². The molecule has 2 rings (SSSR count). The van der Waals surface area contributed by atoms with Gasteiger partial charge in [0.2, 0.25) is 0 Å². The molecule has 0 aliphatic rings. The quantitative estimate of drug-likeness (QED) is 0.813. The molecule has 2 aromatic rings. The van der Waals surface area contributed by atoms with Gasteiger partial charge < -0.3 is 5.11 Å². The van der Waals surface area contributed by atoms with Gasteiger partial charge >= 0.3 is 0 Å². The van der Waals surface area contributed by atoms with Crippen LogP contribution in [0.4, 0.5) is 0 Å². The Hall–Kier alpha value is -1.21. The lowest BCUT2D eigenvalue weighted by atomic mass is 10.0. The Morgan fingerprint density at radius 3 is 1.87 bits per heavy atom. The van der Waals surface area contributed by atoms with Crippen molar-refractivity contribution >= 4 is 13.4 Å². The molecule has 0 fully saturated rings. The van der Waals surface area contributed by atoms with Crippen LogP contribution in [0, 0.1) is 0 Å². The van der Waals surface area contributed by atoms with Gasteiger partial charge in [0.1, 0.15) is 0 Å². The highest BCUT2D eigenvalue weighted by molar-refractivity contribution is 7.64. The first kappa shape index (κ1) is 18.1. The minimum atomic E-state index is -0.547. The maximum Gasteiger partial charge on any atom is 0.0945 e. The van der Waals surface area contributed by atoms with E-state index in [1.54, 1.807) is 0 Å². The Kier molecular flexibility index (Phi) is 5.97. The average molecular weight is 329 g/mol. The minimum absolute atomic E-state index is 0.0444. The fourth-order valence-corrected chi connectivity index (χ4v) is 5.96. The summed E-state index contributed by atoms with van der Waals surface area (Å²) in [6.45, 7) is 8.96. The number of rotatable bonds is 5. The van der Waals surface area contributed by atoms with Gasteiger partial charge in [0, 0.05) is 14.1 Å². The fourth-order valence-electron chi connectivity index (χ4n) is 2.93. The molecule has 0 heterocycles. The van der Waals surface area contributed by atoms with Crippen molar-refractivity contribution in [3.8, 4) is 0 Å². The molecule has 3 heteroatoms. The number of aliphatic hydroxyl groups is 1. The van der Waals surface area contributed by atoms with E-state index in [4.69, 9.17) is 0 Å². The summed E-state index contributed by atoms with van der Waals surface area (Å²) in [6, 6.07) is 20.6. The second kappa shape index (κ2) is 7.57. The summed E-state index contributed by atoms with van der Waals surface area (Å²) in [5.74, 6) is 0. The summed E-state index contributed by atoms with van der Waals surface area (Å²) in [5, 5.41) is 12.3. The Labute approximate surface area is 142 Å². The van der Waals surface area contributed by atoms with Crippen molar-refractivity contribution < 1.29 is 5.11 Å². The number of aliphatic hydroxyl groups excluding tert-OH is 1. The van der Waals surface area contributed by atoms with Crippen molar-refractivity contribution in [2.24, 2.45) is 0 Å². The predicted octanol–water partition coefficient (Wildman–Crippen LogP) is 4.56. The van der Waals surface area contributed by atoms with Crippen LogP contribution >= 0.6 is 8.07 Å². The molecule has 1 N–H and O–H groups in total. The van der Waals surface area contributed by atoms with Crippen LogP contribution in [-0.2, 0) is 0 Å². The van der Waals surface area contributed by atoms with Crippen LogP contribution < -0.4 is 5.30 Å².